The summed E-state index contributed by atoms with van der Waals surface area (Å²) in [5.74, 6) is 0.570. The van der Waals surface area contributed by atoms with Gasteiger partial charge in [0.05, 0.1) is 24.7 Å². The highest BCUT2D eigenvalue weighted by Gasteiger charge is 2.46. The maximum absolute atomic E-state index is 13.2. The highest BCUT2D eigenvalue weighted by molar-refractivity contribution is 7.91. The smallest absolute Gasteiger partial charge is 0.291 e. The van der Waals surface area contributed by atoms with Crippen LogP contribution in [0, 0.1) is 0 Å². The summed E-state index contributed by atoms with van der Waals surface area (Å²) in [7, 11) is -2.13. The summed E-state index contributed by atoms with van der Waals surface area (Å²) < 4.78 is 32.8. The molecule has 2 saturated heterocycles. The average Bonchev–Trinajstić information content (AvgIpc) is 3.75. The fraction of sp³-hybridized carbons (Fsp3) is 0.310. The Kier molecular flexibility index (Phi) is 6.38. The number of methoxy groups -OCH3 is 1. The zero-order valence-electron chi connectivity index (χ0n) is 23.5. The number of aromatic amines is 1. The van der Waals surface area contributed by atoms with Crippen LogP contribution in [0.3, 0.4) is 0 Å². The van der Waals surface area contributed by atoms with Gasteiger partial charge < -0.3 is 15.4 Å². The zero-order valence-corrected chi connectivity index (χ0v) is 24.3. The van der Waals surface area contributed by atoms with Crippen molar-refractivity contribution in [2.24, 2.45) is 0 Å². The van der Waals surface area contributed by atoms with E-state index in [-0.39, 0.29) is 40.4 Å². The minimum Gasteiger partial charge on any atom is -0.497 e. The third-order valence-corrected chi connectivity index (χ3v) is 9.63. The highest BCUT2D eigenvalue weighted by Crippen LogP contribution is 2.45. The van der Waals surface area contributed by atoms with Gasteiger partial charge in [0.25, 0.3) is 5.91 Å². The maximum atomic E-state index is 13.2. The van der Waals surface area contributed by atoms with Gasteiger partial charge in [0.2, 0.25) is 5.82 Å². The number of nitrogens with zero attached hydrogens (tertiary/aromatic N) is 7. The molecule has 5 aromatic rings. The number of sulfone groups is 1. The first-order valence-corrected chi connectivity index (χ1v) is 15.8. The van der Waals surface area contributed by atoms with Gasteiger partial charge in [-0.25, -0.2) is 18.4 Å². The normalized spacial score (nSPS) is 20.0. The van der Waals surface area contributed by atoms with Crippen molar-refractivity contribution in [1.29, 1.82) is 0 Å². The second-order valence-electron chi connectivity index (χ2n) is 11.0. The molecule has 7 rings (SSSR count). The molecule has 3 atom stereocenters. The molecule has 1 aromatic carbocycles. The van der Waals surface area contributed by atoms with E-state index in [0.717, 1.165) is 41.7 Å². The van der Waals surface area contributed by atoms with Crippen molar-refractivity contribution in [1.82, 2.24) is 39.7 Å². The van der Waals surface area contributed by atoms with Crippen molar-refractivity contribution in [2.45, 2.75) is 48.6 Å². The third-order valence-electron chi connectivity index (χ3n) is 8.47. The number of carbonyl (C=O) groups is 1. The number of fused-ring (bicyclic) bond motifs is 3. The Bertz CT molecular complexity index is 1920. The van der Waals surface area contributed by atoms with Crippen LogP contribution in [0.25, 0.3) is 28.0 Å². The second kappa shape index (κ2) is 10.2. The van der Waals surface area contributed by atoms with E-state index >= 15 is 0 Å². The van der Waals surface area contributed by atoms with E-state index in [1.54, 1.807) is 19.5 Å². The van der Waals surface area contributed by atoms with Gasteiger partial charge in [0, 0.05) is 47.1 Å². The van der Waals surface area contributed by atoms with Gasteiger partial charge in [-0.15, -0.1) is 0 Å². The summed E-state index contributed by atoms with van der Waals surface area (Å²) in [6.45, 7) is 0. The summed E-state index contributed by atoms with van der Waals surface area (Å²) in [6.07, 6.45) is 8.57. The molecular formula is C29H29N9O4S. The lowest BCUT2D eigenvalue weighted by Gasteiger charge is -2.38. The fourth-order valence-electron chi connectivity index (χ4n) is 6.53. The number of rotatable bonds is 6. The summed E-state index contributed by atoms with van der Waals surface area (Å²) in [5.41, 5.74) is 10.6. The maximum Gasteiger partial charge on any atom is 0.291 e. The molecular weight excluding hydrogens is 570 g/mol. The number of aromatic nitrogens is 7. The molecule has 2 bridgehead atoms. The van der Waals surface area contributed by atoms with E-state index in [1.807, 2.05) is 41.3 Å². The lowest BCUT2D eigenvalue weighted by molar-refractivity contribution is 0.0556. The van der Waals surface area contributed by atoms with Crippen LogP contribution in [0.15, 0.2) is 60.0 Å². The largest absolute Gasteiger partial charge is 0.497 e. The van der Waals surface area contributed by atoms with E-state index < -0.39 is 9.84 Å². The molecule has 0 saturated carbocycles. The van der Waals surface area contributed by atoms with Crippen molar-refractivity contribution >= 4 is 27.2 Å². The van der Waals surface area contributed by atoms with Crippen LogP contribution in [-0.2, 0) is 9.84 Å². The Morgan fingerprint density at radius 3 is 2.35 bits per heavy atom. The number of hydrogen-bond acceptors (Lipinski definition) is 10. The van der Waals surface area contributed by atoms with Crippen molar-refractivity contribution in [3.63, 3.8) is 0 Å². The van der Waals surface area contributed by atoms with Crippen LogP contribution in [0.2, 0.25) is 0 Å². The van der Waals surface area contributed by atoms with Gasteiger partial charge in [0.1, 0.15) is 22.8 Å². The van der Waals surface area contributed by atoms with Crippen molar-refractivity contribution in [2.75, 3.05) is 19.1 Å². The Morgan fingerprint density at radius 1 is 1.02 bits per heavy atom. The minimum atomic E-state index is -3.75. The number of H-pyrrole nitrogens is 1. The summed E-state index contributed by atoms with van der Waals surface area (Å²) in [5, 5.41) is 10.9. The number of benzene rings is 1. The van der Waals surface area contributed by atoms with E-state index in [1.165, 1.54) is 10.8 Å². The summed E-state index contributed by atoms with van der Waals surface area (Å²) in [6, 6.07) is 11.3. The van der Waals surface area contributed by atoms with Gasteiger partial charge >= 0.3 is 0 Å². The van der Waals surface area contributed by atoms with Crippen molar-refractivity contribution < 1.29 is 17.9 Å². The lowest BCUT2D eigenvalue weighted by atomic mass is 9.87. The second-order valence-corrected chi connectivity index (χ2v) is 13.0. The number of amides is 1. The first-order chi connectivity index (χ1) is 20.7. The van der Waals surface area contributed by atoms with Crippen LogP contribution in [0.5, 0.6) is 5.75 Å². The Balaban J connectivity index is 1.26. The van der Waals surface area contributed by atoms with Crippen LogP contribution < -0.4 is 10.5 Å². The van der Waals surface area contributed by atoms with E-state index in [2.05, 4.69) is 25.3 Å². The zero-order chi connectivity index (χ0) is 29.9. The van der Waals surface area contributed by atoms with Crippen LogP contribution in [-0.4, -0.2) is 79.4 Å². The molecule has 0 spiro atoms. The first kappa shape index (κ1) is 27.0. The number of carbonyl (C=O) groups excluding carboxylic acids is 1. The first-order valence-electron chi connectivity index (χ1n) is 13.9. The van der Waals surface area contributed by atoms with Crippen LogP contribution >= 0.6 is 0 Å². The monoisotopic (exact) mass is 599 g/mol. The number of anilines is 1. The number of pyridine rings is 1. The topological polar surface area (TPSA) is 174 Å². The van der Waals surface area contributed by atoms with Gasteiger partial charge in [0.15, 0.2) is 15.5 Å². The van der Waals surface area contributed by atoms with Gasteiger partial charge in [-0.2, -0.15) is 14.7 Å². The van der Waals surface area contributed by atoms with E-state index in [9.17, 15) is 13.2 Å². The van der Waals surface area contributed by atoms with E-state index in [0.29, 0.717) is 29.7 Å². The SMILES string of the molecule is COc1ccc(-c2ccc(-c3cnn4c(N)c(S(C)(=O)=O)c(C5C[C@H]6CC[C@@H](C5)N6C(=O)c5ncn[nH]5)nc34)cn2)cc1. The van der Waals surface area contributed by atoms with Crippen molar-refractivity contribution in [3.05, 3.63) is 66.6 Å². The molecule has 0 radical (unpaired) electrons. The molecule has 1 amide bonds. The number of hydrogen-bond donors (Lipinski definition) is 2. The molecule has 2 aliphatic heterocycles. The molecule has 6 heterocycles. The van der Waals surface area contributed by atoms with Gasteiger partial charge in [-0.1, -0.05) is 6.07 Å². The molecule has 2 aliphatic rings. The number of piperidine rings is 1. The molecule has 43 heavy (non-hydrogen) atoms. The predicted octanol–water partition coefficient (Wildman–Crippen LogP) is 3.12. The van der Waals surface area contributed by atoms with E-state index in [4.69, 9.17) is 15.5 Å². The minimum absolute atomic E-state index is 0.0120. The quantitative estimate of drug-likeness (QED) is 0.295. The molecule has 14 heteroatoms. The van der Waals surface area contributed by atoms with Crippen LogP contribution in [0.1, 0.15) is 47.9 Å². The predicted molar refractivity (Wildman–Crippen MR) is 157 cm³/mol. The molecule has 3 N–H and O–H groups in total. The molecule has 220 valence electrons. The van der Waals surface area contributed by atoms with Crippen LogP contribution in [0.4, 0.5) is 5.82 Å². The Hall–Kier alpha value is -4.85. The fourth-order valence-corrected chi connectivity index (χ4v) is 7.59. The van der Waals surface area contributed by atoms with Crippen molar-refractivity contribution in [3.8, 4) is 28.1 Å². The molecule has 0 aliphatic carbocycles. The number of nitrogen functional groups attached to an aromatic ring is 1. The number of nitrogens with one attached hydrogen (secondary N) is 1. The Morgan fingerprint density at radius 2 is 1.74 bits per heavy atom. The molecule has 13 nitrogen and oxygen atoms in total. The molecule has 4 aromatic heterocycles. The number of nitrogens with two attached hydrogens (primary N) is 1. The highest BCUT2D eigenvalue weighted by atomic mass is 32.2. The molecule has 2 fully saturated rings. The third kappa shape index (κ3) is 4.58. The summed E-state index contributed by atoms with van der Waals surface area (Å²) in [4.78, 5) is 28.6. The average molecular weight is 600 g/mol. The lowest BCUT2D eigenvalue weighted by Crippen LogP contribution is -2.46. The summed E-state index contributed by atoms with van der Waals surface area (Å²) >= 11 is 0. The molecule has 1 unspecified atom stereocenters. The van der Waals surface area contributed by atoms with Gasteiger partial charge in [-0.3, -0.25) is 14.9 Å². The standard InChI is InChI=1S/C29H29N9O4S/c1-42-21-8-3-16(4-9-21)23-10-5-17(13-31-23)22-14-34-38-26(30)25(43(2,40)41)24(35-28(22)38)18-11-19-6-7-20(12-18)37(19)29(39)27-32-15-33-36-27/h3-5,8-10,13-15,18-20H,6-7,11-12,30H2,1-2H3,(H,32,33,36)/t18?,19-,20+. The number of ether oxygens (including phenoxy) is 1. The van der Waals surface area contributed by atoms with Gasteiger partial charge in [-0.05, 0) is 56.0 Å². The Labute approximate surface area is 247 Å².